The number of hydrogen-bond acceptors (Lipinski definition) is 2. The van der Waals surface area contributed by atoms with Gasteiger partial charge in [0.05, 0.1) is 19.1 Å². The van der Waals surface area contributed by atoms with Crippen LogP contribution in [0.1, 0.15) is 11.1 Å². The molecule has 74 valence electrons. The molecule has 0 aromatic heterocycles. The van der Waals surface area contributed by atoms with Crippen molar-refractivity contribution in [2.24, 2.45) is 0 Å². The van der Waals surface area contributed by atoms with Crippen LogP contribution in [-0.2, 0) is 13.0 Å². The summed E-state index contributed by atoms with van der Waals surface area (Å²) in [5, 5.41) is 20.0. The fourth-order valence-corrected chi connectivity index (χ4v) is 1.78. The van der Waals surface area contributed by atoms with Crippen LogP contribution in [-0.4, -0.2) is 5.11 Å². The van der Waals surface area contributed by atoms with Crippen molar-refractivity contribution in [1.82, 2.24) is 0 Å². The molecule has 2 aromatic carbocycles. The highest BCUT2D eigenvalue weighted by Gasteiger charge is 2.02. The number of aliphatic hydroxyl groups excluding tert-OH is 1. The van der Waals surface area contributed by atoms with Gasteiger partial charge in [-0.3, -0.25) is 0 Å². The van der Waals surface area contributed by atoms with Gasteiger partial charge in [-0.1, -0.05) is 36.4 Å². The van der Waals surface area contributed by atoms with Gasteiger partial charge in [0, 0.05) is 0 Å². The Balaban J connectivity index is 2.67. The molecule has 2 nitrogen and oxygen atoms in total. The number of nitriles is 1. The van der Waals surface area contributed by atoms with Crippen molar-refractivity contribution >= 4 is 10.8 Å². The van der Waals surface area contributed by atoms with Gasteiger partial charge in [-0.15, -0.1) is 0 Å². The molecule has 0 aliphatic heterocycles. The van der Waals surface area contributed by atoms with Gasteiger partial charge >= 0.3 is 0 Å². The summed E-state index contributed by atoms with van der Waals surface area (Å²) < 4.78 is 0. The van der Waals surface area contributed by atoms with Crippen LogP contribution in [0.5, 0.6) is 0 Å². The molecule has 0 heterocycles. The van der Waals surface area contributed by atoms with Crippen LogP contribution in [0.2, 0.25) is 0 Å². The number of rotatable bonds is 2. The minimum atomic E-state index is 0.0137. The van der Waals surface area contributed by atoms with E-state index in [1.807, 2.05) is 36.4 Å². The third kappa shape index (κ3) is 1.83. The zero-order valence-electron chi connectivity index (χ0n) is 8.27. The van der Waals surface area contributed by atoms with Crippen molar-refractivity contribution in [3.05, 3.63) is 47.5 Å². The number of hydrogen-bond donors (Lipinski definition) is 1. The molecule has 2 rings (SSSR count). The fraction of sp³-hybridized carbons (Fsp3) is 0.154. The number of fused-ring (bicyclic) bond motifs is 1. The van der Waals surface area contributed by atoms with Crippen molar-refractivity contribution in [2.75, 3.05) is 0 Å². The molecule has 0 atom stereocenters. The topological polar surface area (TPSA) is 44.0 Å². The third-order valence-electron chi connectivity index (χ3n) is 2.46. The van der Waals surface area contributed by atoms with Crippen LogP contribution in [0.15, 0.2) is 36.4 Å². The molecule has 0 amide bonds. The van der Waals surface area contributed by atoms with Crippen LogP contribution in [0.25, 0.3) is 10.8 Å². The fourth-order valence-electron chi connectivity index (χ4n) is 1.78. The second kappa shape index (κ2) is 4.12. The summed E-state index contributed by atoms with van der Waals surface area (Å²) in [6.07, 6.45) is 0.387. The quantitative estimate of drug-likeness (QED) is 0.803. The SMILES string of the molecule is N#CCc1cc(CO)c2ccccc2c1. The summed E-state index contributed by atoms with van der Waals surface area (Å²) in [5.74, 6) is 0. The van der Waals surface area contributed by atoms with Crippen LogP contribution in [0.3, 0.4) is 0 Å². The van der Waals surface area contributed by atoms with E-state index in [2.05, 4.69) is 6.07 Å². The molecular weight excluding hydrogens is 186 g/mol. The van der Waals surface area contributed by atoms with E-state index in [0.717, 1.165) is 21.9 Å². The van der Waals surface area contributed by atoms with Gasteiger partial charge in [-0.05, 0) is 21.9 Å². The molecule has 0 aliphatic rings. The van der Waals surface area contributed by atoms with Gasteiger partial charge in [0.15, 0.2) is 0 Å². The van der Waals surface area contributed by atoms with Gasteiger partial charge in [0.25, 0.3) is 0 Å². The van der Waals surface area contributed by atoms with Crippen LogP contribution >= 0.6 is 0 Å². The summed E-state index contributed by atoms with van der Waals surface area (Å²) in [7, 11) is 0. The Morgan fingerprint density at radius 2 is 2.00 bits per heavy atom. The molecule has 0 aliphatic carbocycles. The van der Waals surface area contributed by atoms with Crippen molar-refractivity contribution in [1.29, 1.82) is 5.26 Å². The second-order valence-corrected chi connectivity index (χ2v) is 3.47. The molecule has 0 unspecified atom stereocenters. The summed E-state index contributed by atoms with van der Waals surface area (Å²) in [6.45, 7) is 0.0137. The Labute approximate surface area is 88.4 Å². The first-order chi connectivity index (χ1) is 7.35. The molecule has 0 radical (unpaired) electrons. The molecule has 0 saturated carbocycles. The average molecular weight is 197 g/mol. The first-order valence-corrected chi connectivity index (χ1v) is 4.83. The maximum Gasteiger partial charge on any atom is 0.0687 e. The highest BCUT2D eigenvalue weighted by Crippen LogP contribution is 2.21. The van der Waals surface area contributed by atoms with E-state index in [0.29, 0.717) is 6.42 Å². The Morgan fingerprint density at radius 1 is 1.20 bits per heavy atom. The second-order valence-electron chi connectivity index (χ2n) is 3.47. The molecule has 2 heteroatoms. The lowest BCUT2D eigenvalue weighted by Gasteiger charge is -2.06. The lowest BCUT2D eigenvalue weighted by molar-refractivity contribution is 0.283. The Morgan fingerprint density at radius 3 is 2.73 bits per heavy atom. The third-order valence-corrected chi connectivity index (χ3v) is 2.46. The largest absolute Gasteiger partial charge is 0.392 e. The Bertz CT molecular complexity index is 526. The summed E-state index contributed by atoms with van der Waals surface area (Å²) in [5.41, 5.74) is 1.85. The minimum absolute atomic E-state index is 0.0137. The normalized spacial score (nSPS) is 10.1. The molecule has 0 bridgehead atoms. The summed E-state index contributed by atoms with van der Waals surface area (Å²) in [4.78, 5) is 0. The highest BCUT2D eigenvalue weighted by atomic mass is 16.3. The van der Waals surface area contributed by atoms with E-state index in [4.69, 9.17) is 5.26 Å². The molecule has 0 saturated heterocycles. The standard InChI is InChI=1S/C13H11NO/c14-6-5-10-7-11-3-1-2-4-13(11)12(8-10)9-15/h1-4,7-8,15H,5,9H2. The van der Waals surface area contributed by atoms with Gasteiger partial charge in [-0.2, -0.15) is 5.26 Å². The molecule has 1 N–H and O–H groups in total. The Hall–Kier alpha value is -1.85. The molecular formula is C13H11NO. The van der Waals surface area contributed by atoms with Crippen LogP contribution < -0.4 is 0 Å². The maximum atomic E-state index is 9.25. The smallest absolute Gasteiger partial charge is 0.0687 e. The van der Waals surface area contributed by atoms with Gasteiger partial charge in [0.2, 0.25) is 0 Å². The lowest BCUT2D eigenvalue weighted by Crippen LogP contribution is -1.90. The zero-order valence-corrected chi connectivity index (χ0v) is 8.27. The molecule has 15 heavy (non-hydrogen) atoms. The lowest BCUT2D eigenvalue weighted by atomic mass is 10.00. The predicted molar refractivity (Wildman–Crippen MR) is 59.2 cm³/mol. The van der Waals surface area contributed by atoms with Crippen LogP contribution in [0.4, 0.5) is 0 Å². The van der Waals surface area contributed by atoms with E-state index >= 15 is 0 Å². The average Bonchev–Trinajstić information content (AvgIpc) is 2.28. The monoisotopic (exact) mass is 197 g/mol. The first kappa shape index (κ1) is 9.70. The van der Waals surface area contributed by atoms with Crippen LogP contribution in [0, 0.1) is 11.3 Å². The molecule has 0 spiro atoms. The summed E-state index contributed by atoms with van der Waals surface area (Å²) in [6, 6.07) is 13.9. The van der Waals surface area contributed by atoms with Crippen molar-refractivity contribution in [2.45, 2.75) is 13.0 Å². The van der Waals surface area contributed by atoms with Gasteiger partial charge in [0.1, 0.15) is 0 Å². The van der Waals surface area contributed by atoms with Crippen molar-refractivity contribution in [3.8, 4) is 6.07 Å². The minimum Gasteiger partial charge on any atom is -0.392 e. The highest BCUT2D eigenvalue weighted by molar-refractivity contribution is 5.86. The van der Waals surface area contributed by atoms with E-state index in [1.165, 1.54) is 0 Å². The maximum absolute atomic E-state index is 9.25. The van der Waals surface area contributed by atoms with Crippen molar-refractivity contribution < 1.29 is 5.11 Å². The van der Waals surface area contributed by atoms with Crippen molar-refractivity contribution in [3.63, 3.8) is 0 Å². The van der Waals surface area contributed by atoms with Gasteiger partial charge in [-0.25, -0.2) is 0 Å². The first-order valence-electron chi connectivity index (χ1n) is 4.83. The van der Waals surface area contributed by atoms with E-state index < -0.39 is 0 Å². The van der Waals surface area contributed by atoms with E-state index in [9.17, 15) is 5.11 Å². The van der Waals surface area contributed by atoms with Gasteiger partial charge < -0.3 is 5.11 Å². The summed E-state index contributed by atoms with van der Waals surface area (Å²) >= 11 is 0. The molecule has 0 fully saturated rings. The number of aliphatic hydroxyl groups is 1. The molecule has 2 aromatic rings. The zero-order chi connectivity index (χ0) is 10.7. The Kier molecular flexibility index (Phi) is 2.66. The van der Waals surface area contributed by atoms with E-state index in [1.54, 1.807) is 0 Å². The predicted octanol–water partition coefficient (Wildman–Crippen LogP) is 2.40. The van der Waals surface area contributed by atoms with E-state index in [-0.39, 0.29) is 6.61 Å². The number of benzene rings is 2. The number of nitrogens with zero attached hydrogens (tertiary/aromatic N) is 1.